The zero-order valence-corrected chi connectivity index (χ0v) is 9.98. The summed E-state index contributed by atoms with van der Waals surface area (Å²) in [6.45, 7) is 1.97. The first-order chi connectivity index (χ1) is 7.58. The van der Waals surface area contributed by atoms with Crippen molar-refractivity contribution in [2.24, 2.45) is 0 Å². The van der Waals surface area contributed by atoms with Gasteiger partial charge in [0, 0.05) is 16.1 Å². The summed E-state index contributed by atoms with van der Waals surface area (Å²) < 4.78 is 5.82. The Morgan fingerprint density at radius 1 is 1.44 bits per heavy atom. The van der Waals surface area contributed by atoms with E-state index in [1.165, 1.54) is 6.07 Å². The Labute approximate surface area is 100 Å². The van der Waals surface area contributed by atoms with Crippen LogP contribution in [0.5, 0.6) is 0 Å². The van der Waals surface area contributed by atoms with Crippen LogP contribution in [-0.4, -0.2) is 16.2 Å². The number of aromatic nitrogens is 1. The number of hydrogen-bond donors (Lipinski definition) is 1. The van der Waals surface area contributed by atoms with Gasteiger partial charge in [0.1, 0.15) is 0 Å². The number of carboxylic acid groups (broad SMARTS) is 1. The van der Waals surface area contributed by atoms with Gasteiger partial charge in [0.2, 0.25) is 0 Å². The molecule has 16 heavy (non-hydrogen) atoms. The molecule has 0 bridgehead atoms. The van der Waals surface area contributed by atoms with Crippen molar-refractivity contribution in [2.75, 3.05) is 0 Å². The number of aromatic carboxylic acids is 1. The standard InChI is InChI=1S/C11H8BrNO3/c1-6-2-3-7(8(12)4-6)10-5-9(11(14)15)13-16-10/h2-5H,1H3,(H,14,15). The lowest BCUT2D eigenvalue weighted by Gasteiger charge is -2.00. The zero-order chi connectivity index (χ0) is 11.7. The SMILES string of the molecule is Cc1ccc(-c2cc(C(=O)O)no2)c(Br)c1. The predicted molar refractivity (Wildman–Crippen MR) is 61.3 cm³/mol. The van der Waals surface area contributed by atoms with E-state index in [1.54, 1.807) is 0 Å². The van der Waals surface area contributed by atoms with Gasteiger partial charge in [-0.25, -0.2) is 4.79 Å². The molecular weight excluding hydrogens is 274 g/mol. The Hall–Kier alpha value is -1.62. The first-order valence-corrected chi connectivity index (χ1v) is 5.34. The topological polar surface area (TPSA) is 63.3 Å². The summed E-state index contributed by atoms with van der Waals surface area (Å²) in [5.41, 5.74) is 1.79. The molecule has 1 aromatic heterocycles. The van der Waals surface area contributed by atoms with E-state index in [0.717, 1.165) is 15.6 Å². The molecule has 0 saturated heterocycles. The fourth-order valence-corrected chi connectivity index (χ4v) is 2.01. The third kappa shape index (κ3) is 1.99. The van der Waals surface area contributed by atoms with Gasteiger partial charge in [-0.3, -0.25) is 0 Å². The molecule has 0 saturated carbocycles. The number of rotatable bonds is 2. The molecule has 0 spiro atoms. The summed E-state index contributed by atoms with van der Waals surface area (Å²) in [6, 6.07) is 7.10. The highest BCUT2D eigenvalue weighted by Crippen LogP contribution is 2.29. The monoisotopic (exact) mass is 281 g/mol. The minimum absolute atomic E-state index is 0.0949. The van der Waals surface area contributed by atoms with E-state index in [9.17, 15) is 4.79 Å². The molecule has 0 amide bonds. The molecule has 4 nitrogen and oxygen atoms in total. The number of aryl methyl sites for hydroxylation is 1. The number of carbonyl (C=O) groups is 1. The number of hydrogen-bond acceptors (Lipinski definition) is 3. The molecule has 1 aromatic carbocycles. The van der Waals surface area contributed by atoms with E-state index in [1.807, 2.05) is 25.1 Å². The van der Waals surface area contributed by atoms with Gasteiger partial charge in [-0.1, -0.05) is 27.2 Å². The van der Waals surface area contributed by atoms with Gasteiger partial charge in [-0.2, -0.15) is 0 Å². The van der Waals surface area contributed by atoms with Gasteiger partial charge < -0.3 is 9.63 Å². The second-order valence-electron chi connectivity index (χ2n) is 3.36. The summed E-state index contributed by atoms with van der Waals surface area (Å²) in [5, 5.41) is 12.2. The maximum atomic E-state index is 10.7. The fourth-order valence-electron chi connectivity index (χ4n) is 1.32. The van der Waals surface area contributed by atoms with E-state index in [0.29, 0.717) is 5.76 Å². The molecule has 82 valence electrons. The van der Waals surface area contributed by atoms with Crippen LogP contribution in [-0.2, 0) is 0 Å². The summed E-state index contributed by atoms with van der Waals surface area (Å²) in [6.07, 6.45) is 0. The molecule has 0 unspecified atom stereocenters. The molecule has 0 aliphatic rings. The molecule has 0 aliphatic carbocycles. The van der Waals surface area contributed by atoms with Crippen molar-refractivity contribution in [1.29, 1.82) is 0 Å². The Morgan fingerprint density at radius 2 is 2.19 bits per heavy atom. The molecule has 0 aliphatic heterocycles. The Bertz CT molecular complexity index is 548. The van der Waals surface area contributed by atoms with Crippen molar-refractivity contribution in [3.8, 4) is 11.3 Å². The Balaban J connectivity index is 2.46. The van der Waals surface area contributed by atoms with E-state index in [4.69, 9.17) is 9.63 Å². The minimum atomic E-state index is -1.10. The number of nitrogens with zero attached hydrogens (tertiary/aromatic N) is 1. The summed E-state index contributed by atoms with van der Waals surface area (Å²) >= 11 is 3.39. The number of benzene rings is 1. The predicted octanol–water partition coefficient (Wildman–Crippen LogP) is 3.11. The molecule has 1 heterocycles. The minimum Gasteiger partial charge on any atom is -0.476 e. The van der Waals surface area contributed by atoms with Crippen molar-refractivity contribution in [3.05, 3.63) is 40.0 Å². The van der Waals surface area contributed by atoms with Crippen molar-refractivity contribution >= 4 is 21.9 Å². The molecule has 0 atom stereocenters. The van der Waals surface area contributed by atoms with Crippen molar-refractivity contribution in [2.45, 2.75) is 6.92 Å². The van der Waals surface area contributed by atoms with Crippen LogP contribution in [0, 0.1) is 6.92 Å². The van der Waals surface area contributed by atoms with Crippen molar-refractivity contribution < 1.29 is 14.4 Å². The van der Waals surface area contributed by atoms with Crippen LogP contribution in [0.4, 0.5) is 0 Å². The second kappa shape index (κ2) is 4.09. The van der Waals surface area contributed by atoms with Gasteiger partial charge >= 0.3 is 5.97 Å². The smallest absolute Gasteiger partial charge is 0.358 e. The molecule has 5 heteroatoms. The van der Waals surface area contributed by atoms with Crippen LogP contribution in [0.25, 0.3) is 11.3 Å². The van der Waals surface area contributed by atoms with Crippen LogP contribution >= 0.6 is 15.9 Å². The van der Waals surface area contributed by atoms with Gasteiger partial charge in [0.05, 0.1) is 0 Å². The van der Waals surface area contributed by atoms with Gasteiger partial charge in [-0.15, -0.1) is 0 Å². The van der Waals surface area contributed by atoms with Crippen LogP contribution < -0.4 is 0 Å². The summed E-state index contributed by atoms with van der Waals surface area (Å²) in [7, 11) is 0. The average molecular weight is 282 g/mol. The lowest BCUT2D eigenvalue weighted by molar-refractivity contribution is 0.0686. The van der Waals surface area contributed by atoms with E-state index in [-0.39, 0.29) is 5.69 Å². The molecule has 0 fully saturated rings. The summed E-state index contributed by atoms with van der Waals surface area (Å²) in [5.74, 6) is -0.664. The summed E-state index contributed by atoms with van der Waals surface area (Å²) in [4.78, 5) is 10.7. The highest BCUT2D eigenvalue weighted by atomic mass is 79.9. The molecular formula is C11H8BrNO3. The highest BCUT2D eigenvalue weighted by Gasteiger charge is 2.13. The average Bonchev–Trinajstić information content (AvgIpc) is 2.66. The van der Waals surface area contributed by atoms with Crippen LogP contribution in [0.15, 0.2) is 33.3 Å². The zero-order valence-electron chi connectivity index (χ0n) is 8.40. The lowest BCUT2D eigenvalue weighted by atomic mass is 10.1. The first kappa shape index (κ1) is 10.9. The fraction of sp³-hybridized carbons (Fsp3) is 0.0909. The van der Waals surface area contributed by atoms with Crippen molar-refractivity contribution in [3.63, 3.8) is 0 Å². The van der Waals surface area contributed by atoms with Gasteiger partial charge in [0.15, 0.2) is 11.5 Å². The van der Waals surface area contributed by atoms with Crippen LogP contribution in [0.2, 0.25) is 0 Å². The van der Waals surface area contributed by atoms with Crippen molar-refractivity contribution in [1.82, 2.24) is 5.16 Å². The quantitative estimate of drug-likeness (QED) is 0.919. The highest BCUT2D eigenvalue weighted by molar-refractivity contribution is 9.10. The van der Waals surface area contributed by atoms with Gasteiger partial charge in [-0.05, 0) is 24.6 Å². The third-order valence-corrected chi connectivity index (χ3v) is 2.78. The maximum Gasteiger partial charge on any atom is 0.358 e. The largest absolute Gasteiger partial charge is 0.476 e. The Kier molecular flexibility index (Phi) is 2.78. The van der Waals surface area contributed by atoms with Crippen LogP contribution in [0.3, 0.4) is 0 Å². The first-order valence-electron chi connectivity index (χ1n) is 4.54. The Morgan fingerprint density at radius 3 is 2.75 bits per heavy atom. The molecule has 1 N–H and O–H groups in total. The van der Waals surface area contributed by atoms with E-state index < -0.39 is 5.97 Å². The number of carboxylic acids is 1. The van der Waals surface area contributed by atoms with E-state index >= 15 is 0 Å². The second-order valence-corrected chi connectivity index (χ2v) is 4.22. The normalized spacial score (nSPS) is 10.4. The third-order valence-electron chi connectivity index (χ3n) is 2.12. The lowest BCUT2D eigenvalue weighted by Crippen LogP contribution is -1.94. The van der Waals surface area contributed by atoms with E-state index in [2.05, 4.69) is 21.1 Å². The molecule has 0 radical (unpaired) electrons. The number of halogens is 1. The molecule has 2 aromatic rings. The van der Waals surface area contributed by atoms with Crippen LogP contribution in [0.1, 0.15) is 16.1 Å². The van der Waals surface area contributed by atoms with Gasteiger partial charge in [0.25, 0.3) is 0 Å². The molecule has 2 rings (SSSR count). The maximum absolute atomic E-state index is 10.7.